The molecular weight excluding hydrogens is 210 g/mol. The molecule has 0 spiro atoms. The molecule has 0 aromatic heterocycles. The van der Waals surface area contributed by atoms with E-state index in [0.717, 1.165) is 17.4 Å². The molecule has 0 saturated carbocycles. The first-order chi connectivity index (χ1) is 6.94. The van der Waals surface area contributed by atoms with Crippen molar-refractivity contribution in [3.8, 4) is 0 Å². The van der Waals surface area contributed by atoms with Crippen molar-refractivity contribution in [2.45, 2.75) is 25.9 Å². The van der Waals surface area contributed by atoms with Gasteiger partial charge in [-0.15, -0.1) is 0 Å². The lowest BCUT2D eigenvalue weighted by Crippen LogP contribution is -2.66. The Hall–Kier alpha value is 0.0569. The van der Waals surface area contributed by atoms with E-state index in [1.54, 1.807) is 21.3 Å². The van der Waals surface area contributed by atoms with Crippen LogP contribution in [-0.2, 0) is 13.3 Å². The van der Waals surface area contributed by atoms with E-state index >= 15 is 0 Å². The summed E-state index contributed by atoms with van der Waals surface area (Å²) in [6.45, 7) is 5.35. The third-order valence-electron chi connectivity index (χ3n) is 3.31. The smallest absolute Gasteiger partial charge is 0.373 e. The molecule has 1 atom stereocenters. The van der Waals surface area contributed by atoms with Crippen molar-refractivity contribution in [3.05, 3.63) is 0 Å². The summed E-state index contributed by atoms with van der Waals surface area (Å²) >= 11 is 0. The molecule has 15 heavy (non-hydrogen) atoms. The average molecular weight is 236 g/mol. The molecule has 0 amide bonds. The van der Waals surface area contributed by atoms with Crippen LogP contribution < -0.4 is 0 Å². The molecule has 0 rings (SSSR count). The maximum absolute atomic E-state index is 5.56. The fraction of sp³-hybridized carbons (Fsp3) is 1.00. The Bertz CT molecular complexity index is 175. The predicted molar refractivity (Wildman–Crippen MR) is 63.5 cm³/mol. The highest BCUT2D eigenvalue weighted by atomic mass is 28.4. The molecule has 0 heterocycles. The number of hydrogen-bond donors (Lipinski definition) is 0. The second-order valence-electron chi connectivity index (χ2n) is 4.23. The highest BCUT2D eigenvalue weighted by molar-refractivity contribution is 6.62. The van der Waals surface area contributed by atoms with E-state index in [2.05, 4.69) is 27.9 Å². The molecule has 0 aliphatic rings. The molecule has 4 nitrogen and oxygen atoms in total. The first kappa shape index (κ1) is 15.1. The second-order valence-corrected chi connectivity index (χ2v) is 7.33. The summed E-state index contributed by atoms with van der Waals surface area (Å²) < 4.78 is 17.5. The molecule has 1 unspecified atom stereocenters. The van der Waals surface area contributed by atoms with Crippen molar-refractivity contribution in [2.24, 2.45) is 0 Å². The highest BCUT2D eigenvalue weighted by Gasteiger charge is 2.54. The van der Waals surface area contributed by atoms with E-state index in [-0.39, 0.29) is 5.67 Å². The van der Waals surface area contributed by atoms with Gasteiger partial charge in [-0.2, -0.15) is 0 Å². The van der Waals surface area contributed by atoms with E-state index in [1.165, 1.54) is 0 Å². The molecule has 0 aromatic rings. The van der Waals surface area contributed by atoms with Crippen molar-refractivity contribution in [2.75, 3.05) is 42.0 Å². The Balaban J connectivity index is 5.06. The molecule has 0 bridgehead atoms. The van der Waals surface area contributed by atoms with Gasteiger partial charge in [-0.3, -0.25) is 0 Å². The van der Waals surface area contributed by atoms with Crippen molar-refractivity contribution >= 4 is 8.80 Å². The summed E-state index contributed by atoms with van der Waals surface area (Å²) in [6.07, 6.45) is 0.989. The number of nitrogens with zero attached hydrogens (tertiary/aromatic N) is 1. The fourth-order valence-electron chi connectivity index (χ4n) is 2.05. The van der Waals surface area contributed by atoms with E-state index in [1.807, 2.05) is 0 Å². The van der Waals surface area contributed by atoms with Crippen LogP contribution in [-0.4, -0.2) is 60.9 Å². The Labute approximate surface area is 95.1 Å². The summed E-state index contributed by atoms with van der Waals surface area (Å²) in [6, 6.07) is 0. The molecule has 0 radical (unpaired) electrons. The Morgan fingerprint density at radius 2 is 1.40 bits per heavy atom. The minimum atomic E-state index is -2.53. The zero-order valence-electron chi connectivity index (χ0n) is 11.2. The van der Waals surface area contributed by atoms with Crippen LogP contribution in [0, 0.1) is 0 Å². The topological polar surface area (TPSA) is 27.7 Å². The Morgan fingerprint density at radius 3 is 1.60 bits per heavy atom. The Morgan fingerprint density at radius 1 is 1.00 bits per heavy atom. The van der Waals surface area contributed by atoms with Crippen LogP contribution >= 0.6 is 0 Å². The van der Waals surface area contributed by atoms with Crippen molar-refractivity contribution < 1.29 is 17.8 Å². The lowest BCUT2D eigenvalue weighted by atomic mass is 10.3. The SMILES string of the molecule is CCC([N+](C)(C)CC)[Si](OC)(OC)OC. The van der Waals surface area contributed by atoms with Crippen LogP contribution in [0.4, 0.5) is 0 Å². The minimum Gasteiger partial charge on any atom is -0.373 e. The van der Waals surface area contributed by atoms with Gasteiger partial charge in [0, 0.05) is 27.8 Å². The largest absolute Gasteiger partial charge is 0.561 e. The molecule has 5 heteroatoms. The third kappa shape index (κ3) is 3.01. The van der Waals surface area contributed by atoms with Crippen molar-refractivity contribution in [1.29, 1.82) is 0 Å². The summed E-state index contributed by atoms with van der Waals surface area (Å²) in [5, 5.41) is 0. The van der Waals surface area contributed by atoms with Crippen molar-refractivity contribution in [3.63, 3.8) is 0 Å². The van der Waals surface area contributed by atoms with E-state index in [0.29, 0.717) is 0 Å². The van der Waals surface area contributed by atoms with Gasteiger partial charge in [0.1, 0.15) is 0 Å². The summed E-state index contributed by atoms with van der Waals surface area (Å²) in [4.78, 5) is 0. The quantitative estimate of drug-likeness (QED) is 0.492. The molecule has 0 aromatic carbocycles. The summed E-state index contributed by atoms with van der Waals surface area (Å²) in [7, 11) is 6.88. The lowest BCUT2D eigenvalue weighted by molar-refractivity contribution is -0.904. The Kier molecular flexibility index (Phi) is 5.98. The van der Waals surface area contributed by atoms with Crippen LogP contribution in [0.3, 0.4) is 0 Å². The van der Waals surface area contributed by atoms with E-state index in [4.69, 9.17) is 13.3 Å². The molecule has 0 aliphatic carbocycles. The molecular formula is C10H26NO3Si+. The van der Waals surface area contributed by atoms with Crippen LogP contribution in [0.15, 0.2) is 0 Å². The normalized spacial score (nSPS) is 15.4. The molecule has 0 fully saturated rings. The van der Waals surface area contributed by atoms with Gasteiger partial charge >= 0.3 is 8.80 Å². The van der Waals surface area contributed by atoms with Gasteiger partial charge < -0.3 is 17.8 Å². The zero-order valence-corrected chi connectivity index (χ0v) is 12.2. The summed E-state index contributed by atoms with van der Waals surface area (Å²) in [5.74, 6) is 0. The maximum atomic E-state index is 5.56. The second kappa shape index (κ2) is 5.96. The van der Waals surface area contributed by atoms with Crippen molar-refractivity contribution in [1.82, 2.24) is 0 Å². The minimum absolute atomic E-state index is 0.280. The van der Waals surface area contributed by atoms with Gasteiger partial charge in [-0.25, -0.2) is 0 Å². The number of quaternary nitrogens is 1. The standard InChI is InChI=1S/C10H26NO3Si/c1-8-10(11(3,4)9-2)15(12-5,13-6)14-7/h10H,8-9H2,1-7H3/q+1. The van der Waals surface area contributed by atoms with Gasteiger partial charge in [0.15, 0.2) is 5.67 Å². The molecule has 92 valence electrons. The van der Waals surface area contributed by atoms with Crippen LogP contribution in [0.2, 0.25) is 0 Å². The summed E-state index contributed by atoms with van der Waals surface area (Å²) in [5.41, 5.74) is 0.280. The molecule has 0 N–H and O–H groups in total. The zero-order chi connectivity index (χ0) is 12.1. The van der Waals surface area contributed by atoms with Gasteiger partial charge in [-0.1, -0.05) is 6.92 Å². The predicted octanol–water partition coefficient (Wildman–Crippen LogP) is 1.28. The van der Waals surface area contributed by atoms with Gasteiger partial charge in [0.25, 0.3) is 0 Å². The van der Waals surface area contributed by atoms with Gasteiger partial charge in [0.05, 0.1) is 20.6 Å². The number of rotatable bonds is 7. The monoisotopic (exact) mass is 236 g/mol. The van der Waals surface area contributed by atoms with Gasteiger partial charge in [0.2, 0.25) is 0 Å². The fourth-order valence-corrected chi connectivity index (χ4v) is 4.91. The van der Waals surface area contributed by atoms with Crippen LogP contribution in [0.5, 0.6) is 0 Å². The van der Waals surface area contributed by atoms with E-state index in [9.17, 15) is 0 Å². The van der Waals surface area contributed by atoms with E-state index < -0.39 is 8.80 Å². The lowest BCUT2D eigenvalue weighted by Gasteiger charge is -2.42. The highest BCUT2D eigenvalue weighted by Crippen LogP contribution is 2.23. The van der Waals surface area contributed by atoms with Gasteiger partial charge in [-0.05, 0) is 6.92 Å². The van der Waals surface area contributed by atoms with Crippen LogP contribution in [0.1, 0.15) is 20.3 Å². The third-order valence-corrected chi connectivity index (χ3v) is 6.94. The molecule has 0 aliphatic heterocycles. The maximum Gasteiger partial charge on any atom is 0.561 e. The first-order valence-corrected chi connectivity index (χ1v) is 7.22. The number of hydrogen-bond acceptors (Lipinski definition) is 3. The molecule has 0 saturated heterocycles. The first-order valence-electron chi connectivity index (χ1n) is 5.42. The average Bonchev–Trinajstić information content (AvgIpc) is 2.25. The van der Waals surface area contributed by atoms with Crippen LogP contribution in [0.25, 0.3) is 0 Å².